The minimum atomic E-state index is -0.655. The summed E-state index contributed by atoms with van der Waals surface area (Å²) in [6.07, 6.45) is 5.48. The topological polar surface area (TPSA) is 113 Å². The lowest BCUT2D eigenvalue weighted by molar-refractivity contribution is -0.385. The van der Waals surface area contributed by atoms with Crippen LogP contribution in [-0.4, -0.2) is 50.2 Å². The number of nitrogens with zero attached hydrogens (tertiary/aromatic N) is 3. The van der Waals surface area contributed by atoms with Gasteiger partial charge in [0.25, 0.3) is 0 Å². The Hall–Kier alpha value is -1.51. The van der Waals surface area contributed by atoms with Crippen molar-refractivity contribution >= 4 is 5.69 Å². The van der Waals surface area contributed by atoms with Gasteiger partial charge in [-0.05, 0) is 31.7 Å². The lowest BCUT2D eigenvalue weighted by atomic mass is 9.87. The van der Waals surface area contributed by atoms with Gasteiger partial charge in [0.05, 0.1) is 23.7 Å². The van der Waals surface area contributed by atoms with Crippen molar-refractivity contribution < 1.29 is 15.1 Å². The number of hydrogen-bond donors (Lipinski definition) is 3. The lowest BCUT2D eigenvalue weighted by Gasteiger charge is -2.26. The van der Waals surface area contributed by atoms with Gasteiger partial charge in [0, 0.05) is 6.54 Å². The Balaban J connectivity index is 1.67. The number of hydrogen-bond acceptors (Lipinski definition) is 6. The van der Waals surface area contributed by atoms with Crippen molar-refractivity contribution in [3.63, 3.8) is 0 Å². The van der Waals surface area contributed by atoms with E-state index in [4.69, 9.17) is 0 Å². The quantitative estimate of drug-likeness (QED) is 0.492. The van der Waals surface area contributed by atoms with Crippen molar-refractivity contribution in [1.29, 1.82) is 0 Å². The number of nitrogens with one attached hydrogen (secondary N) is 1. The second kappa shape index (κ2) is 7.48. The molecule has 1 aromatic rings. The molecule has 0 saturated heterocycles. The SMILES string of the molecule is O=[N+]([O-])c1cnn(CC(O)CNCC2CCCC(O)C2)c1. The molecule has 0 radical (unpaired) electrons. The monoisotopic (exact) mass is 298 g/mol. The summed E-state index contributed by atoms with van der Waals surface area (Å²) < 4.78 is 1.37. The summed E-state index contributed by atoms with van der Waals surface area (Å²) in [6.45, 7) is 1.39. The Morgan fingerprint density at radius 1 is 1.57 bits per heavy atom. The number of nitro groups is 1. The molecule has 1 aliphatic carbocycles. The van der Waals surface area contributed by atoms with Crippen LogP contribution in [0.1, 0.15) is 25.7 Å². The van der Waals surface area contributed by atoms with Crippen LogP contribution >= 0.6 is 0 Å². The third-order valence-electron chi connectivity index (χ3n) is 3.80. The first-order valence-corrected chi connectivity index (χ1v) is 7.28. The maximum atomic E-state index is 10.5. The van der Waals surface area contributed by atoms with Crippen molar-refractivity contribution in [1.82, 2.24) is 15.1 Å². The van der Waals surface area contributed by atoms with Gasteiger partial charge in [-0.3, -0.25) is 14.8 Å². The summed E-state index contributed by atoms with van der Waals surface area (Å²) in [5.74, 6) is 0.451. The molecule has 0 spiro atoms. The number of aliphatic hydroxyl groups excluding tert-OH is 2. The zero-order valence-corrected chi connectivity index (χ0v) is 11.9. The van der Waals surface area contributed by atoms with Crippen LogP contribution in [0.15, 0.2) is 12.4 Å². The third kappa shape index (κ3) is 5.07. The molecular weight excluding hydrogens is 276 g/mol. The van der Waals surface area contributed by atoms with E-state index in [1.54, 1.807) is 0 Å². The van der Waals surface area contributed by atoms with Gasteiger partial charge >= 0.3 is 5.69 Å². The highest BCUT2D eigenvalue weighted by molar-refractivity contribution is 5.20. The normalized spacial score (nSPS) is 23.9. The molecule has 8 heteroatoms. The van der Waals surface area contributed by atoms with Crippen LogP contribution in [0.5, 0.6) is 0 Å². The first kappa shape index (κ1) is 15.9. The fraction of sp³-hybridized carbons (Fsp3) is 0.769. The predicted molar refractivity (Wildman–Crippen MR) is 75.7 cm³/mol. The Bertz CT molecular complexity index is 465. The van der Waals surface area contributed by atoms with Gasteiger partial charge in [-0.15, -0.1) is 0 Å². The molecule has 8 nitrogen and oxygen atoms in total. The molecule has 118 valence electrons. The van der Waals surface area contributed by atoms with Crippen LogP contribution in [0.3, 0.4) is 0 Å². The highest BCUT2D eigenvalue weighted by Gasteiger charge is 2.20. The zero-order valence-electron chi connectivity index (χ0n) is 11.9. The average Bonchev–Trinajstić information content (AvgIpc) is 2.87. The fourth-order valence-corrected chi connectivity index (χ4v) is 2.73. The van der Waals surface area contributed by atoms with Gasteiger partial charge in [-0.2, -0.15) is 5.10 Å². The summed E-state index contributed by atoms with van der Waals surface area (Å²) >= 11 is 0. The maximum Gasteiger partial charge on any atom is 0.306 e. The van der Waals surface area contributed by atoms with E-state index in [1.807, 2.05) is 0 Å². The molecule has 1 fully saturated rings. The van der Waals surface area contributed by atoms with Crippen LogP contribution in [-0.2, 0) is 6.54 Å². The van der Waals surface area contributed by atoms with E-state index < -0.39 is 11.0 Å². The van der Waals surface area contributed by atoms with E-state index in [1.165, 1.54) is 17.1 Å². The minimum Gasteiger partial charge on any atom is -0.393 e. The van der Waals surface area contributed by atoms with Gasteiger partial charge in [-0.1, -0.05) is 6.42 Å². The Morgan fingerprint density at radius 3 is 3.05 bits per heavy atom. The summed E-state index contributed by atoms with van der Waals surface area (Å²) in [7, 11) is 0. The van der Waals surface area contributed by atoms with E-state index in [9.17, 15) is 20.3 Å². The van der Waals surface area contributed by atoms with Crippen LogP contribution < -0.4 is 5.32 Å². The zero-order chi connectivity index (χ0) is 15.2. The number of aliphatic hydroxyl groups is 2. The van der Waals surface area contributed by atoms with E-state index in [0.717, 1.165) is 32.2 Å². The van der Waals surface area contributed by atoms with Crippen molar-refractivity contribution in [2.24, 2.45) is 5.92 Å². The van der Waals surface area contributed by atoms with E-state index in [0.29, 0.717) is 12.5 Å². The molecule has 2 rings (SSSR count). The molecule has 1 heterocycles. The molecule has 1 saturated carbocycles. The van der Waals surface area contributed by atoms with Crippen LogP contribution in [0.2, 0.25) is 0 Å². The van der Waals surface area contributed by atoms with Crippen molar-refractivity contribution in [2.45, 2.75) is 44.4 Å². The highest BCUT2D eigenvalue weighted by Crippen LogP contribution is 2.23. The second-order valence-corrected chi connectivity index (χ2v) is 5.68. The molecule has 3 atom stereocenters. The molecule has 1 aliphatic rings. The van der Waals surface area contributed by atoms with Gasteiger partial charge in [0.1, 0.15) is 12.4 Å². The Kier molecular flexibility index (Phi) is 5.66. The molecule has 0 amide bonds. The van der Waals surface area contributed by atoms with E-state index in [2.05, 4.69) is 10.4 Å². The molecular formula is C13H22N4O4. The summed E-state index contributed by atoms with van der Waals surface area (Å²) in [4.78, 5) is 10.0. The van der Waals surface area contributed by atoms with Gasteiger partial charge in [0.15, 0.2) is 0 Å². The van der Waals surface area contributed by atoms with Gasteiger partial charge in [-0.25, -0.2) is 0 Å². The fourth-order valence-electron chi connectivity index (χ4n) is 2.73. The average molecular weight is 298 g/mol. The smallest absolute Gasteiger partial charge is 0.306 e. The van der Waals surface area contributed by atoms with Crippen molar-refractivity contribution in [2.75, 3.05) is 13.1 Å². The second-order valence-electron chi connectivity index (χ2n) is 5.68. The van der Waals surface area contributed by atoms with E-state index in [-0.39, 0.29) is 18.3 Å². The number of aromatic nitrogens is 2. The van der Waals surface area contributed by atoms with Crippen molar-refractivity contribution in [3.05, 3.63) is 22.5 Å². The molecule has 0 bridgehead atoms. The third-order valence-corrected chi connectivity index (χ3v) is 3.80. The molecule has 1 aromatic heterocycles. The molecule has 3 unspecified atom stereocenters. The standard InChI is InChI=1S/C13H22N4O4/c18-12-3-1-2-10(4-12)5-14-7-13(19)9-16-8-11(6-15-16)17(20)21/h6,8,10,12-14,18-19H,1-5,7,9H2. The number of rotatable bonds is 7. The molecule has 0 aromatic carbocycles. The molecule has 3 N–H and O–H groups in total. The summed E-state index contributed by atoms with van der Waals surface area (Å²) in [5, 5.41) is 37.0. The van der Waals surface area contributed by atoms with Crippen LogP contribution in [0, 0.1) is 16.0 Å². The van der Waals surface area contributed by atoms with Crippen LogP contribution in [0.4, 0.5) is 5.69 Å². The minimum absolute atomic E-state index is 0.0775. The Labute approximate surface area is 122 Å². The Morgan fingerprint density at radius 2 is 2.38 bits per heavy atom. The summed E-state index contributed by atoms with van der Waals surface area (Å²) in [6, 6.07) is 0. The molecule has 21 heavy (non-hydrogen) atoms. The van der Waals surface area contributed by atoms with Crippen LogP contribution in [0.25, 0.3) is 0 Å². The first-order valence-electron chi connectivity index (χ1n) is 7.28. The first-order chi connectivity index (χ1) is 10.0. The maximum absolute atomic E-state index is 10.5. The molecule has 0 aliphatic heterocycles. The van der Waals surface area contributed by atoms with Gasteiger partial charge < -0.3 is 15.5 Å². The lowest BCUT2D eigenvalue weighted by Crippen LogP contribution is -2.35. The summed E-state index contributed by atoms with van der Waals surface area (Å²) in [5.41, 5.74) is -0.0775. The van der Waals surface area contributed by atoms with Gasteiger partial charge in [0.2, 0.25) is 0 Å². The van der Waals surface area contributed by atoms with Crippen molar-refractivity contribution in [3.8, 4) is 0 Å². The van der Waals surface area contributed by atoms with E-state index >= 15 is 0 Å². The largest absolute Gasteiger partial charge is 0.393 e. The predicted octanol–water partition coefficient (Wildman–Crippen LogP) is 0.293. The highest BCUT2D eigenvalue weighted by atomic mass is 16.6.